The molecule has 2 heteroatoms. The molecular weight excluding hydrogens is 200 g/mol. The maximum absolute atomic E-state index is 11.5. The van der Waals surface area contributed by atoms with Crippen molar-refractivity contribution in [1.82, 2.24) is 0 Å². The summed E-state index contributed by atoms with van der Waals surface area (Å²) in [6, 6.07) is 0. The van der Waals surface area contributed by atoms with Crippen molar-refractivity contribution in [3.05, 3.63) is 24.0 Å². The fourth-order valence-electron chi connectivity index (χ4n) is 1.87. The van der Waals surface area contributed by atoms with Gasteiger partial charge in [0, 0.05) is 12.5 Å². The van der Waals surface area contributed by atoms with Crippen LogP contribution in [0.5, 0.6) is 0 Å². The van der Waals surface area contributed by atoms with Crippen LogP contribution in [-0.2, 0) is 9.53 Å². The fraction of sp³-hybridized carbons (Fsp3) is 0.643. The van der Waals surface area contributed by atoms with Crippen molar-refractivity contribution < 1.29 is 9.53 Å². The van der Waals surface area contributed by atoms with Crippen LogP contribution in [0.1, 0.15) is 52.4 Å². The van der Waals surface area contributed by atoms with Gasteiger partial charge in [0.05, 0.1) is 0 Å². The Hall–Kier alpha value is -1.05. The topological polar surface area (TPSA) is 26.3 Å². The average molecular weight is 222 g/mol. The minimum atomic E-state index is 0.0704. The first-order valence-corrected chi connectivity index (χ1v) is 6.20. The van der Waals surface area contributed by atoms with Crippen LogP contribution in [0.15, 0.2) is 24.0 Å². The number of carbonyl (C=O) groups is 1. The van der Waals surface area contributed by atoms with E-state index >= 15 is 0 Å². The summed E-state index contributed by atoms with van der Waals surface area (Å²) in [4.78, 5) is 11.5. The molecule has 0 saturated heterocycles. The summed E-state index contributed by atoms with van der Waals surface area (Å²) in [7, 11) is 0. The first-order valence-electron chi connectivity index (χ1n) is 6.20. The van der Waals surface area contributed by atoms with E-state index in [1.807, 2.05) is 6.92 Å². The molecule has 0 amide bonds. The van der Waals surface area contributed by atoms with Crippen LogP contribution in [0, 0.1) is 0 Å². The van der Waals surface area contributed by atoms with Gasteiger partial charge < -0.3 is 4.74 Å². The minimum Gasteiger partial charge on any atom is -0.490 e. The third-order valence-electron chi connectivity index (χ3n) is 2.81. The quantitative estimate of drug-likeness (QED) is 0.639. The Morgan fingerprint density at radius 2 is 2.25 bits per heavy atom. The van der Waals surface area contributed by atoms with Crippen molar-refractivity contribution in [1.29, 1.82) is 0 Å². The summed E-state index contributed by atoms with van der Waals surface area (Å²) in [5.74, 6) is 0.849. The van der Waals surface area contributed by atoms with E-state index in [4.69, 9.17) is 4.74 Å². The molecule has 0 aromatic carbocycles. The van der Waals surface area contributed by atoms with Gasteiger partial charge in [-0.15, -0.1) is 0 Å². The predicted octanol–water partition coefficient (Wildman–Crippen LogP) is 3.77. The van der Waals surface area contributed by atoms with E-state index in [0.717, 1.165) is 18.4 Å². The maximum Gasteiger partial charge on any atom is 0.163 e. The van der Waals surface area contributed by atoms with E-state index in [-0.39, 0.29) is 11.9 Å². The van der Waals surface area contributed by atoms with Crippen LogP contribution in [-0.4, -0.2) is 11.9 Å². The molecule has 2 nitrogen and oxygen atoms in total. The van der Waals surface area contributed by atoms with Crippen LogP contribution >= 0.6 is 0 Å². The lowest BCUT2D eigenvalue weighted by Crippen LogP contribution is -2.22. The molecule has 90 valence electrons. The number of carbonyl (C=O) groups excluding carboxylic acids is 1. The van der Waals surface area contributed by atoms with Gasteiger partial charge in [0.15, 0.2) is 5.78 Å². The molecule has 0 aromatic heterocycles. The molecule has 0 bridgehead atoms. The van der Waals surface area contributed by atoms with E-state index < -0.39 is 0 Å². The molecule has 0 aromatic rings. The van der Waals surface area contributed by atoms with Gasteiger partial charge in [0.25, 0.3) is 0 Å². The fourth-order valence-corrected chi connectivity index (χ4v) is 1.87. The zero-order valence-electron chi connectivity index (χ0n) is 10.4. The summed E-state index contributed by atoms with van der Waals surface area (Å²) in [6.45, 7) is 7.88. The number of rotatable bonds is 6. The highest BCUT2D eigenvalue weighted by Gasteiger charge is 2.21. The second-order valence-electron chi connectivity index (χ2n) is 4.55. The second-order valence-corrected chi connectivity index (χ2v) is 4.55. The molecule has 0 saturated carbocycles. The minimum absolute atomic E-state index is 0.0704. The Bertz CT molecular complexity index is 289. The number of ether oxygens (including phenoxy) is 1. The van der Waals surface area contributed by atoms with Crippen molar-refractivity contribution in [2.45, 2.75) is 58.5 Å². The number of allylic oxidation sites excluding steroid dienone is 2. The van der Waals surface area contributed by atoms with E-state index in [1.165, 1.54) is 19.3 Å². The standard InChI is InChI=1S/C14H22O2/c1-4-5-6-7-8-13-9-12(15)10-14(16-13)11(2)3/h10,13H,2,4-9H2,1,3H3. The molecule has 1 aliphatic heterocycles. The molecule has 0 aliphatic carbocycles. The lowest BCUT2D eigenvalue weighted by atomic mass is 10.0. The van der Waals surface area contributed by atoms with Crippen molar-refractivity contribution in [2.24, 2.45) is 0 Å². The van der Waals surface area contributed by atoms with E-state index in [2.05, 4.69) is 13.5 Å². The molecule has 1 atom stereocenters. The lowest BCUT2D eigenvalue weighted by molar-refractivity contribution is -0.118. The molecule has 16 heavy (non-hydrogen) atoms. The molecule has 0 spiro atoms. The van der Waals surface area contributed by atoms with Crippen molar-refractivity contribution in [2.75, 3.05) is 0 Å². The number of unbranched alkanes of at least 4 members (excludes halogenated alkanes) is 3. The lowest BCUT2D eigenvalue weighted by Gasteiger charge is -2.24. The Morgan fingerprint density at radius 1 is 1.50 bits per heavy atom. The largest absolute Gasteiger partial charge is 0.490 e. The van der Waals surface area contributed by atoms with E-state index in [1.54, 1.807) is 6.08 Å². The van der Waals surface area contributed by atoms with Gasteiger partial charge in [-0.3, -0.25) is 4.79 Å². The van der Waals surface area contributed by atoms with Crippen molar-refractivity contribution in [3.63, 3.8) is 0 Å². The summed E-state index contributed by atoms with van der Waals surface area (Å²) >= 11 is 0. The molecule has 0 N–H and O–H groups in total. The van der Waals surface area contributed by atoms with Crippen LogP contribution in [0.4, 0.5) is 0 Å². The Labute approximate surface area is 98.4 Å². The Balaban J connectivity index is 2.37. The van der Waals surface area contributed by atoms with Gasteiger partial charge in [0.1, 0.15) is 11.9 Å². The third-order valence-corrected chi connectivity index (χ3v) is 2.81. The van der Waals surface area contributed by atoms with Crippen molar-refractivity contribution >= 4 is 5.78 Å². The molecule has 1 rings (SSSR count). The monoisotopic (exact) mass is 222 g/mol. The molecule has 1 aliphatic rings. The van der Waals surface area contributed by atoms with Gasteiger partial charge in [0.2, 0.25) is 0 Å². The van der Waals surface area contributed by atoms with Gasteiger partial charge in [-0.2, -0.15) is 0 Å². The zero-order chi connectivity index (χ0) is 12.0. The summed E-state index contributed by atoms with van der Waals surface area (Å²) in [5.41, 5.74) is 0.839. The maximum atomic E-state index is 11.5. The highest BCUT2D eigenvalue weighted by molar-refractivity contribution is 5.91. The SMILES string of the molecule is C=C(C)C1=CC(=O)CC(CCCCCC)O1. The highest BCUT2D eigenvalue weighted by atomic mass is 16.5. The average Bonchev–Trinajstić information content (AvgIpc) is 2.23. The smallest absolute Gasteiger partial charge is 0.163 e. The summed E-state index contributed by atoms with van der Waals surface area (Å²) in [5, 5.41) is 0. The van der Waals surface area contributed by atoms with Gasteiger partial charge in [-0.05, 0) is 25.3 Å². The number of hydrogen-bond acceptors (Lipinski definition) is 2. The van der Waals surface area contributed by atoms with Gasteiger partial charge >= 0.3 is 0 Å². The number of hydrogen-bond donors (Lipinski definition) is 0. The normalized spacial score (nSPS) is 20.2. The third kappa shape index (κ3) is 4.21. The molecule has 0 radical (unpaired) electrons. The van der Waals surface area contributed by atoms with Gasteiger partial charge in [-0.1, -0.05) is 32.8 Å². The number of ketones is 1. The Kier molecular flexibility index (Phi) is 5.30. The zero-order valence-corrected chi connectivity index (χ0v) is 10.4. The van der Waals surface area contributed by atoms with Crippen LogP contribution in [0.2, 0.25) is 0 Å². The summed E-state index contributed by atoms with van der Waals surface area (Å²) < 4.78 is 5.74. The summed E-state index contributed by atoms with van der Waals surface area (Å²) in [6.07, 6.45) is 8.04. The van der Waals surface area contributed by atoms with Crippen LogP contribution in [0.25, 0.3) is 0 Å². The van der Waals surface area contributed by atoms with E-state index in [0.29, 0.717) is 12.2 Å². The van der Waals surface area contributed by atoms with Gasteiger partial charge in [-0.25, -0.2) is 0 Å². The second kappa shape index (κ2) is 6.51. The van der Waals surface area contributed by atoms with E-state index in [9.17, 15) is 4.79 Å². The van der Waals surface area contributed by atoms with Crippen LogP contribution in [0.3, 0.4) is 0 Å². The molecule has 1 heterocycles. The van der Waals surface area contributed by atoms with Crippen LogP contribution < -0.4 is 0 Å². The highest BCUT2D eigenvalue weighted by Crippen LogP contribution is 2.23. The molecule has 1 unspecified atom stereocenters. The predicted molar refractivity (Wildman–Crippen MR) is 66.2 cm³/mol. The Morgan fingerprint density at radius 3 is 2.88 bits per heavy atom. The van der Waals surface area contributed by atoms with Crippen molar-refractivity contribution in [3.8, 4) is 0 Å². The first-order chi connectivity index (χ1) is 7.63. The molecule has 0 fully saturated rings. The first kappa shape index (κ1) is 13.0. The molecular formula is C14H22O2.